The molecule has 1 heterocycles. The fraction of sp³-hybridized carbons (Fsp3) is 0. The molecule has 0 saturated heterocycles. The molecular weight excluding hydrogens is 406 g/mol. The van der Waals surface area contributed by atoms with E-state index in [1.165, 1.54) is 24.3 Å². The lowest BCUT2D eigenvalue weighted by atomic mass is 10.0. The maximum absolute atomic E-state index is 13.3. The summed E-state index contributed by atoms with van der Waals surface area (Å²) in [5.41, 5.74) is 1.33. The van der Waals surface area contributed by atoms with E-state index in [2.05, 4.69) is 5.32 Å². The largest absolute Gasteiger partial charge is 0.350 e. The molecule has 0 fully saturated rings. The molecule has 1 aliphatic rings. The van der Waals surface area contributed by atoms with E-state index in [4.69, 9.17) is 11.6 Å². The first-order valence-electron chi connectivity index (χ1n) is 8.92. The van der Waals surface area contributed by atoms with Crippen LogP contribution in [-0.2, 0) is 9.59 Å². The van der Waals surface area contributed by atoms with Crippen molar-refractivity contribution in [2.24, 2.45) is 0 Å². The number of para-hydroxylation sites is 2. The van der Waals surface area contributed by atoms with Gasteiger partial charge in [0.25, 0.3) is 17.5 Å². The minimum absolute atomic E-state index is 0.0694. The van der Waals surface area contributed by atoms with Crippen molar-refractivity contribution in [1.29, 1.82) is 0 Å². The summed E-state index contributed by atoms with van der Waals surface area (Å²) in [5, 5.41) is 14.2. The highest BCUT2D eigenvalue weighted by Gasteiger charge is 2.41. The maximum Gasteiger partial charge on any atom is 0.282 e. The highest BCUT2D eigenvalue weighted by molar-refractivity contribution is 6.48. The third-order valence-electron chi connectivity index (χ3n) is 4.59. The number of amides is 2. The van der Waals surface area contributed by atoms with Crippen molar-refractivity contribution in [2.75, 3.05) is 10.2 Å². The lowest BCUT2D eigenvalue weighted by Gasteiger charge is -2.16. The fourth-order valence-electron chi connectivity index (χ4n) is 3.18. The number of benzene rings is 3. The van der Waals surface area contributed by atoms with Crippen LogP contribution in [0.2, 0.25) is 5.02 Å². The van der Waals surface area contributed by atoms with Crippen LogP contribution in [0, 0.1) is 10.1 Å². The number of non-ortho nitro benzene ring substituents is 1. The van der Waals surface area contributed by atoms with Crippen molar-refractivity contribution in [3.8, 4) is 0 Å². The van der Waals surface area contributed by atoms with Crippen LogP contribution in [0.15, 0.2) is 84.6 Å². The summed E-state index contributed by atoms with van der Waals surface area (Å²) in [6.45, 7) is 0. The van der Waals surface area contributed by atoms with Crippen molar-refractivity contribution in [2.45, 2.75) is 0 Å². The second-order valence-electron chi connectivity index (χ2n) is 6.44. The molecule has 0 radical (unpaired) electrons. The molecular formula is C22H14ClN3O4. The topological polar surface area (TPSA) is 92.5 Å². The molecule has 30 heavy (non-hydrogen) atoms. The van der Waals surface area contributed by atoms with Crippen LogP contribution in [0.3, 0.4) is 0 Å². The van der Waals surface area contributed by atoms with Crippen LogP contribution in [0.4, 0.5) is 17.1 Å². The molecule has 3 aromatic rings. The Hall–Kier alpha value is -3.97. The first kappa shape index (κ1) is 19.4. The highest BCUT2D eigenvalue weighted by atomic mass is 35.5. The lowest BCUT2D eigenvalue weighted by molar-refractivity contribution is -0.384. The maximum atomic E-state index is 13.3. The Labute approximate surface area is 176 Å². The number of anilines is 2. The second-order valence-corrected chi connectivity index (χ2v) is 6.85. The van der Waals surface area contributed by atoms with E-state index in [9.17, 15) is 19.7 Å². The van der Waals surface area contributed by atoms with E-state index < -0.39 is 16.7 Å². The molecule has 0 unspecified atom stereocenters. The summed E-state index contributed by atoms with van der Waals surface area (Å²) in [6.07, 6.45) is 0. The number of hydrogen-bond acceptors (Lipinski definition) is 5. The number of carbonyl (C=O) groups excluding carboxylic acids is 2. The van der Waals surface area contributed by atoms with Gasteiger partial charge in [0.05, 0.1) is 21.2 Å². The molecule has 0 spiro atoms. The quantitative estimate of drug-likeness (QED) is 0.369. The minimum atomic E-state index is -0.569. The number of rotatable bonds is 5. The van der Waals surface area contributed by atoms with Gasteiger partial charge in [0.2, 0.25) is 0 Å². The summed E-state index contributed by atoms with van der Waals surface area (Å²) in [7, 11) is 0. The van der Waals surface area contributed by atoms with Crippen LogP contribution in [-0.4, -0.2) is 16.7 Å². The zero-order valence-electron chi connectivity index (χ0n) is 15.4. The molecule has 4 rings (SSSR count). The molecule has 2 amide bonds. The molecule has 3 aromatic carbocycles. The van der Waals surface area contributed by atoms with Gasteiger partial charge < -0.3 is 5.32 Å². The molecule has 0 bridgehead atoms. The van der Waals surface area contributed by atoms with E-state index in [0.717, 1.165) is 4.90 Å². The fourth-order valence-corrected chi connectivity index (χ4v) is 3.40. The van der Waals surface area contributed by atoms with Crippen LogP contribution in [0.1, 0.15) is 5.56 Å². The Morgan fingerprint density at radius 3 is 2.10 bits per heavy atom. The number of nitrogens with zero attached hydrogens (tertiary/aromatic N) is 2. The van der Waals surface area contributed by atoms with Gasteiger partial charge in [0.1, 0.15) is 5.70 Å². The van der Waals surface area contributed by atoms with Crippen molar-refractivity contribution in [3.63, 3.8) is 0 Å². The Balaban J connectivity index is 1.83. The van der Waals surface area contributed by atoms with E-state index >= 15 is 0 Å². The Kier molecular flexibility index (Phi) is 5.04. The average molecular weight is 420 g/mol. The van der Waals surface area contributed by atoms with Crippen molar-refractivity contribution in [1.82, 2.24) is 0 Å². The summed E-state index contributed by atoms with van der Waals surface area (Å²) in [4.78, 5) is 38.0. The number of hydrogen-bond donors (Lipinski definition) is 1. The van der Waals surface area contributed by atoms with Gasteiger partial charge in [-0.05, 0) is 42.0 Å². The van der Waals surface area contributed by atoms with Gasteiger partial charge in [0.15, 0.2) is 0 Å². The van der Waals surface area contributed by atoms with E-state index in [1.807, 2.05) is 6.07 Å². The highest BCUT2D eigenvalue weighted by Crippen LogP contribution is 2.36. The summed E-state index contributed by atoms with van der Waals surface area (Å²) < 4.78 is 0. The Bertz CT molecular complexity index is 1190. The third kappa shape index (κ3) is 3.42. The first-order chi connectivity index (χ1) is 14.5. The predicted molar refractivity (Wildman–Crippen MR) is 114 cm³/mol. The zero-order chi connectivity index (χ0) is 21.3. The molecule has 148 valence electrons. The van der Waals surface area contributed by atoms with Gasteiger partial charge in [-0.3, -0.25) is 19.7 Å². The van der Waals surface area contributed by atoms with Crippen LogP contribution < -0.4 is 10.2 Å². The molecule has 1 aliphatic heterocycles. The molecule has 7 nitrogen and oxygen atoms in total. The predicted octanol–water partition coefficient (Wildman–Crippen LogP) is 4.64. The van der Waals surface area contributed by atoms with E-state index in [1.54, 1.807) is 48.5 Å². The normalized spacial score (nSPS) is 13.7. The van der Waals surface area contributed by atoms with Gasteiger partial charge in [-0.2, -0.15) is 0 Å². The Morgan fingerprint density at radius 2 is 1.47 bits per heavy atom. The number of nitro groups is 1. The van der Waals surface area contributed by atoms with E-state index in [-0.39, 0.29) is 27.7 Å². The summed E-state index contributed by atoms with van der Waals surface area (Å²) in [6, 6.07) is 21.0. The standard InChI is InChI=1S/C22H14ClN3O4/c23-17-8-4-5-9-18(17)25-21(27)19(14-10-12-16(13-11-14)26(29)30)20(22(25)28)24-15-6-2-1-3-7-15/h1-13,24H. The minimum Gasteiger partial charge on any atom is -0.350 e. The van der Waals surface area contributed by atoms with Gasteiger partial charge in [0, 0.05) is 17.8 Å². The number of imide groups is 1. The smallest absolute Gasteiger partial charge is 0.282 e. The number of carbonyl (C=O) groups is 2. The molecule has 0 atom stereocenters. The molecule has 1 N–H and O–H groups in total. The van der Waals surface area contributed by atoms with Crippen molar-refractivity contribution in [3.05, 3.63) is 105 Å². The van der Waals surface area contributed by atoms with Crippen molar-refractivity contribution >= 4 is 46.1 Å². The summed E-state index contributed by atoms with van der Waals surface area (Å²) >= 11 is 6.23. The van der Waals surface area contributed by atoms with Crippen molar-refractivity contribution < 1.29 is 14.5 Å². The third-order valence-corrected chi connectivity index (χ3v) is 4.91. The summed E-state index contributed by atoms with van der Waals surface area (Å²) in [5.74, 6) is -1.13. The number of halogens is 1. The van der Waals surface area contributed by atoms with Gasteiger partial charge in [-0.25, -0.2) is 4.90 Å². The zero-order valence-corrected chi connectivity index (χ0v) is 16.2. The first-order valence-corrected chi connectivity index (χ1v) is 9.29. The molecule has 0 saturated carbocycles. The van der Waals surface area contributed by atoms with Crippen LogP contribution in [0.5, 0.6) is 0 Å². The van der Waals surface area contributed by atoms with E-state index in [0.29, 0.717) is 11.3 Å². The van der Waals surface area contributed by atoms with Gasteiger partial charge >= 0.3 is 0 Å². The lowest BCUT2D eigenvalue weighted by Crippen LogP contribution is -2.32. The average Bonchev–Trinajstić information content (AvgIpc) is 2.99. The second kappa shape index (κ2) is 7.81. The van der Waals surface area contributed by atoms with Crippen LogP contribution >= 0.6 is 11.6 Å². The molecule has 0 aliphatic carbocycles. The Morgan fingerprint density at radius 1 is 0.833 bits per heavy atom. The monoisotopic (exact) mass is 419 g/mol. The van der Waals surface area contributed by atoms with Gasteiger partial charge in [-0.15, -0.1) is 0 Å². The molecule has 8 heteroatoms. The molecule has 0 aromatic heterocycles. The number of nitro benzene ring substituents is 1. The SMILES string of the molecule is O=C1C(Nc2ccccc2)=C(c2ccc([N+](=O)[O-])cc2)C(=O)N1c1ccccc1Cl. The van der Waals surface area contributed by atoms with Crippen LogP contribution in [0.25, 0.3) is 5.57 Å². The number of nitrogens with one attached hydrogen (secondary N) is 1. The van der Waals surface area contributed by atoms with Gasteiger partial charge in [-0.1, -0.05) is 41.9 Å².